The van der Waals surface area contributed by atoms with Gasteiger partial charge in [-0.05, 0) is 50.7 Å². The van der Waals surface area contributed by atoms with Crippen LogP contribution in [0.4, 0.5) is 11.5 Å². The fourth-order valence-corrected chi connectivity index (χ4v) is 4.44. The molecule has 0 saturated carbocycles. The van der Waals surface area contributed by atoms with E-state index in [1.165, 1.54) is 6.33 Å². The van der Waals surface area contributed by atoms with Crippen molar-refractivity contribution in [2.75, 3.05) is 26.0 Å². The number of aromatic nitrogens is 4. The summed E-state index contributed by atoms with van der Waals surface area (Å²) in [5, 5.41) is 9.07. The van der Waals surface area contributed by atoms with Gasteiger partial charge in [0.25, 0.3) is 0 Å². The Morgan fingerprint density at radius 3 is 2.82 bits per heavy atom. The lowest BCUT2D eigenvalue weighted by atomic mass is 10.2. The first-order valence-corrected chi connectivity index (χ1v) is 11.5. The van der Waals surface area contributed by atoms with Crippen LogP contribution in [-0.4, -0.2) is 45.7 Å². The van der Waals surface area contributed by atoms with E-state index in [0.717, 1.165) is 24.8 Å². The molecule has 1 atom stereocenters. The van der Waals surface area contributed by atoms with Crippen LogP contribution in [0, 0.1) is 0 Å². The van der Waals surface area contributed by atoms with Crippen molar-refractivity contribution >= 4 is 45.6 Å². The van der Waals surface area contributed by atoms with Crippen LogP contribution < -0.4 is 14.8 Å². The standard InChI is InChI=1S/C23H22Cl2N6O3/c1-31-7-3-4-18(31)23-29-21(30-34-23)11-33-20-10-17-14(9-19(20)32-2)22(27-12-26-17)28-16-6-5-13(24)8-15(16)25/h5-6,8-10,12,18H,3-4,7,11H2,1-2H3,(H,26,27,28). The van der Waals surface area contributed by atoms with E-state index < -0.39 is 0 Å². The molecule has 3 heterocycles. The normalized spacial score (nSPS) is 16.2. The molecule has 4 aromatic rings. The fourth-order valence-electron chi connectivity index (χ4n) is 3.98. The minimum absolute atomic E-state index is 0.137. The average Bonchev–Trinajstić information content (AvgIpc) is 3.47. The molecular weight excluding hydrogens is 479 g/mol. The molecule has 9 nitrogen and oxygen atoms in total. The van der Waals surface area contributed by atoms with E-state index in [2.05, 4.69) is 37.4 Å². The molecule has 0 radical (unpaired) electrons. The molecule has 0 aliphatic carbocycles. The summed E-state index contributed by atoms with van der Waals surface area (Å²) in [4.78, 5) is 15.5. The van der Waals surface area contributed by atoms with Crippen LogP contribution in [0.3, 0.4) is 0 Å². The second-order valence-corrected chi connectivity index (χ2v) is 8.81. The van der Waals surface area contributed by atoms with Crippen molar-refractivity contribution in [3.05, 3.63) is 58.4 Å². The Bertz CT molecular complexity index is 1330. The van der Waals surface area contributed by atoms with Crippen LogP contribution in [0.5, 0.6) is 11.5 Å². The summed E-state index contributed by atoms with van der Waals surface area (Å²) in [5.74, 6) is 2.69. The minimum Gasteiger partial charge on any atom is -0.493 e. The Hall–Kier alpha value is -3.14. The van der Waals surface area contributed by atoms with Gasteiger partial charge < -0.3 is 19.3 Å². The number of hydrogen-bond acceptors (Lipinski definition) is 9. The molecule has 0 bridgehead atoms. The van der Waals surface area contributed by atoms with E-state index >= 15 is 0 Å². The zero-order valence-electron chi connectivity index (χ0n) is 18.6. The third kappa shape index (κ3) is 4.59. The third-order valence-electron chi connectivity index (χ3n) is 5.75. The van der Waals surface area contributed by atoms with E-state index in [0.29, 0.717) is 50.3 Å². The van der Waals surface area contributed by atoms with Crippen molar-refractivity contribution in [1.82, 2.24) is 25.0 Å². The van der Waals surface area contributed by atoms with Crippen molar-refractivity contribution in [3.63, 3.8) is 0 Å². The SMILES string of the molecule is COc1cc2c(Nc3ccc(Cl)cc3Cl)ncnc2cc1OCc1noc(C2CCCN2C)n1. The molecule has 1 fully saturated rings. The monoisotopic (exact) mass is 500 g/mol. The maximum atomic E-state index is 6.31. The van der Waals surface area contributed by atoms with Crippen molar-refractivity contribution in [1.29, 1.82) is 0 Å². The first-order chi connectivity index (χ1) is 16.5. The molecule has 1 aliphatic rings. The lowest BCUT2D eigenvalue weighted by molar-refractivity contribution is 0.241. The number of rotatable bonds is 7. The summed E-state index contributed by atoms with van der Waals surface area (Å²) >= 11 is 12.3. The molecule has 176 valence electrons. The maximum Gasteiger partial charge on any atom is 0.244 e. The largest absolute Gasteiger partial charge is 0.493 e. The van der Waals surface area contributed by atoms with Crippen LogP contribution in [0.15, 0.2) is 41.2 Å². The summed E-state index contributed by atoms with van der Waals surface area (Å²) in [6.07, 6.45) is 3.59. The smallest absolute Gasteiger partial charge is 0.244 e. The summed E-state index contributed by atoms with van der Waals surface area (Å²) in [5.41, 5.74) is 1.34. The maximum absolute atomic E-state index is 6.31. The third-order valence-corrected chi connectivity index (χ3v) is 6.30. The second kappa shape index (κ2) is 9.61. The fraction of sp³-hybridized carbons (Fsp3) is 0.304. The zero-order valence-corrected chi connectivity index (χ0v) is 20.1. The van der Waals surface area contributed by atoms with Crippen LogP contribution >= 0.6 is 23.2 Å². The van der Waals surface area contributed by atoms with Gasteiger partial charge >= 0.3 is 0 Å². The molecule has 0 amide bonds. The Balaban J connectivity index is 1.38. The Morgan fingerprint density at radius 1 is 1.18 bits per heavy atom. The molecule has 1 saturated heterocycles. The number of anilines is 2. The number of nitrogens with zero attached hydrogens (tertiary/aromatic N) is 5. The zero-order chi connectivity index (χ0) is 23.7. The number of benzene rings is 2. The predicted octanol–water partition coefficient (Wildman–Crippen LogP) is 5.42. The molecule has 2 aromatic carbocycles. The van der Waals surface area contributed by atoms with Gasteiger partial charge in [-0.2, -0.15) is 4.98 Å². The van der Waals surface area contributed by atoms with E-state index in [4.69, 9.17) is 37.2 Å². The molecular formula is C23H22Cl2N6O3. The molecule has 5 rings (SSSR count). The van der Waals surface area contributed by atoms with E-state index in [9.17, 15) is 0 Å². The number of ether oxygens (including phenoxy) is 2. The van der Waals surface area contributed by atoms with Gasteiger partial charge in [0.2, 0.25) is 11.7 Å². The summed E-state index contributed by atoms with van der Waals surface area (Å²) in [7, 11) is 3.63. The Morgan fingerprint density at radius 2 is 2.06 bits per heavy atom. The molecule has 11 heteroatoms. The number of hydrogen-bond donors (Lipinski definition) is 1. The lowest BCUT2D eigenvalue weighted by Gasteiger charge is -2.14. The van der Waals surface area contributed by atoms with Gasteiger partial charge in [0.05, 0.1) is 29.4 Å². The average molecular weight is 501 g/mol. The van der Waals surface area contributed by atoms with Gasteiger partial charge in [-0.25, -0.2) is 9.97 Å². The molecule has 0 spiro atoms. The summed E-state index contributed by atoms with van der Waals surface area (Å²) in [6.45, 7) is 1.16. The number of halogens is 2. The van der Waals surface area contributed by atoms with Gasteiger partial charge in [0, 0.05) is 16.5 Å². The molecule has 1 unspecified atom stereocenters. The van der Waals surface area contributed by atoms with Crippen LogP contribution in [0.25, 0.3) is 10.9 Å². The first-order valence-electron chi connectivity index (χ1n) is 10.7. The van der Waals surface area contributed by atoms with Gasteiger partial charge in [-0.3, -0.25) is 4.90 Å². The number of fused-ring (bicyclic) bond motifs is 1. The molecule has 2 aromatic heterocycles. The van der Waals surface area contributed by atoms with Crippen molar-refractivity contribution < 1.29 is 14.0 Å². The van der Waals surface area contributed by atoms with Gasteiger partial charge in [-0.1, -0.05) is 28.4 Å². The predicted molar refractivity (Wildman–Crippen MR) is 129 cm³/mol. The van der Waals surface area contributed by atoms with E-state index in [1.54, 1.807) is 31.4 Å². The van der Waals surface area contributed by atoms with Crippen molar-refractivity contribution in [2.45, 2.75) is 25.5 Å². The highest BCUT2D eigenvalue weighted by Crippen LogP contribution is 2.36. The summed E-state index contributed by atoms with van der Waals surface area (Å²) in [6, 6.07) is 8.96. The molecule has 1 N–H and O–H groups in total. The van der Waals surface area contributed by atoms with Crippen LogP contribution in [-0.2, 0) is 6.61 Å². The Labute approximate surface area is 206 Å². The number of methoxy groups -OCH3 is 1. The molecule has 1 aliphatic heterocycles. The highest BCUT2D eigenvalue weighted by Gasteiger charge is 2.28. The van der Waals surface area contributed by atoms with Gasteiger partial charge in [-0.15, -0.1) is 0 Å². The highest BCUT2D eigenvalue weighted by molar-refractivity contribution is 6.36. The summed E-state index contributed by atoms with van der Waals surface area (Å²) < 4.78 is 17.0. The first kappa shape index (κ1) is 22.6. The van der Waals surface area contributed by atoms with Gasteiger partial charge in [0.1, 0.15) is 12.1 Å². The van der Waals surface area contributed by atoms with Crippen molar-refractivity contribution in [3.8, 4) is 11.5 Å². The van der Waals surface area contributed by atoms with Crippen molar-refractivity contribution in [2.24, 2.45) is 0 Å². The topological polar surface area (TPSA) is 98.4 Å². The van der Waals surface area contributed by atoms with E-state index in [-0.39, 0.29) is 12.6 Å². The van der Waals surface area contributed by atoms with Crippen LogP contribution in [0.2, 0.25) is 10.0 Å². The second-order valence-electron chi connectivity index (χ2n) is 7.97. The lowest BCUT2D eigenvalue weighted by Crippen LogP contribution is -2.17. The number of nitrogens with one attached hydrogen (secondary N) is 1. The Kier molecular flexibility index (Phi) is 6.40. The van der Waals surface area contributed by atoms with Crippen LogP contribution in [0.1, 0.15) is 30.6 Å². The minimum atomic E-state index is 0.137. The number of likely N-dealkylation sites (tertiary alicyclic amines) is 1. The highest BCUT2D eigenvalue weighted by atomic mass is 35.5. The van der Waals surface area contributed by atoms with E-state index in [1.807, 2.05) is 6.07 Å². The quantitative estimate of drug-likeness (QED) is 0.356. The molecule has 34 heavy (non-hydrogen) atoms. The van der Waals surface area contributed by atoms with Gasteiger partial charge in [0.15, 0.2) is 18.1 Å².